The lowest BCUT2D eigenvalue weighted by atomic mass is 9.81. The zero-order chi connectivity index (χ0) is 38.9. The number of halogens is 4. The van der Waals surface area contributed by atoms with Crippen LogP contribution in [-0.2, 0) is 22.5 Å². The van der Waals surface area contributed by atoms with Gasteiger partial charge < -0.3 is 29.2 Å². The number of amides is 2. The molecule has 1 aliphatic carbocycles. The van der Waals surface area contributed by atoms with E-state index in [-0.39, 0.29) is 30.4 Å². The Balaban J connectivity index is 0.00000580. The summed E-state index contributed by atoms with van der Waals surface area (Å²) in [5.74, 6) is 2.10. The molecule has 6 rings (SSSR count). The molecule has 2 amide bonds. The van der Waals surface area contributed by atoms with Gasteiger partial charge in [-0.1, -0.05) is 71.2 Å². The maximum Gasteiger partial charge on any atom is 0.411 e. The lowest BCUT2D eigenvalue weighted by Gasteiger charge is -2.48. The standard InChI is InChI=1S/C42H50Cl3N3O6.ClH/c1-25-8-9-26(2)38(27(25)3)53-17-16-28-10-12-30(13-11-28)35-20-32-22-46-23-36(48(32)40(50)54-41(4,5)42(43,44)45)37(35)39(49)47(31-14-15-31)24-29-18-33(51-6)21-34(19-29)52-7;/h8-13,18-19,21,31-32,36,46H,14-17,20,22-24H2,1-7H3;1H/t32?,36-;/m1./s1. The van der Waals surface area contributed by atoms with Crippen molar-refractivity contribution in [3.63, 3.8) is 0 Å². The van der Waals surface area contributed by atoms with Crippen molar-refractivity contribution in [2.24, 2.45) is 0 Å². The Kier molecular flexibility index (Phi) is 13.6. The maximum atomic E-state index is 15.1. The van der Waals surface area contributed by atoms with E-state index in [1.54, 1.807) is 33.0 Å². The number of ether oxygens (including phenoxy) is 4. The van der Waals surface area contributed by atoms with E-state index in [0.29, 0.717) is 49.7 Å². The third kappa shape index (κ3) is 9.45. The van der Waals surface area contributed by atoms with E-state index >= 15 is 4.79 Å². The first-order valence-electron chi connectivity index (χ1n) is 18.5. The van der Waals surface area contributed by atoms with Gasteiger partial charge >= 0.3 is 6.09 Å². The van der Waals surface area contributed by atoms with Crippen molar-refractivity contribution in [2.45, 2.75) is 94.4 Å². The largest absolute Gasteiger partial charge is 0.497 e. The Morgan fingerprint density at radius 2 is 1.53 bits per heavy atom. The molecule has 2 aliphatic heterocycles. The lowest BCUT2D eigenvalue weighted by molar-refractivity contribution is -0.129. The fourth-order valence-electron chi connectivity index (χ4n) is 7.30. The van der Waals surface area contributed by atoms with E-state index in [0.717, 1.165) is 58.4 Å². The van der Waals surface area contributed by atoms with Crippen molar-refractivity contribution in [3.05, 3.63) is 93.6 Å². The van der Waals surface area contributed by atoms with Gasteiger partial charge in [0.25, 0.3) is 5.91 Å². The number of methoxy groups -OCH3 is 2. The first-order chi connectivity index (χ1) is 25.6. The number of nitrogens with one attached hydrogen (secondary N) is 1. The van der Waals surface area contributed by atoms with E-state index < -0.39 is 21.5 Å². The first kappa shape index (κ1) is 42.8. The molecule has 3 aliphatic rings. The summed E-state index contributed by atoms with van der Waals surface area (Å²) in [6.07, 6.45) is 2.32. The van der Waals surface area contributed by atoms with Crippen molar-refractivity contribution in [3.8, 4) is 17.2 Å². The number of aryl methyl sites for hydroxylation is 2. The molecule has 9 nitrogen and oxygen atoms in total. The molecule has 13 heteroatoms. The molecular formula is C42H51Cl4N3O6. The Morgan fingerprint density at radius 1 is 0.891 bits per heavy atom. The molecule has 55 heavy (non-hydrogen) atoms. The molecule has 0 aromatic heterocycles. The normalized spacial score (nSPS) is 18.3. The Bertz CT molecular complexity index is 1890. The molecule has 2 bridgehead atoms. The molecule has 2 heterocycles. The van der Waals surface area contributed by atoms with Crippen LogP contribution in [0.2, 0.25) is 0 Å². The van der Waals surface area contributed by atoms with Gasteiger partial charge in [0.2, 0.25) is 3.79 Å². The predicted molar refractivity (Wildman–Crippen MR) is 221 cm³/mol. The summed E-state index contributed by atoms with van der Waals surface area (Å²) in [4.78, 5) is 32.8. The van der Waals surface area contributed by atoms with Gasteiger partial charge in [0, 0.05) is 43.7 Å². The summed E-state index contributed by atoms with van der Waals surface area (Å²) < 4.78 is 21.4. The van der Waals surface area contributed by atoms with E-state index in [1.807, 2.05) is 23.1 Å². The van der Waals surface area contributed by atoms with Crippen molar-refractivity contribution < 1.29 is 28.5 Å². The van der Waals surface area contributed by atoms with Crippen molar-refractivity contribution >= 4 is 64.8 Å². The van der Waals surface area contributed by atoms with Crippen LogP contribution < -0.4 is 19.5 Å². The number of fused-ring (bicyclic) bond motifs is 2. The Morgan fingerprint density at radius 3 is 2.13 bits per heavy atom. The van der Waals surface area contributed by atoms with Crippen molar-refractivity contribution in [1.29, 1.82) is 0 Å². The van der Waals surface area contributed by atoms with Gasteiger partial charge in [0.15, 0.2) is 5.60 Å². The topological polar surface area (TPSA) is 89.6 Å². The zero-order valence-corrected chi connectivity index (χ0v) is 35.6. The van der Waals surface area contributed by atoms with Crippen LogP contribution in [0.25, 0.3) is 5.57 Å². The maximum absolute atomic E-state index is 15.1. The quantitative estimate of drug-likeness (QED) is 0.182. The first-order valence-corrected chi connectivity index (χ1v) is 19.6. The predicted octanol–water partition coefficient (Wildman–Crippen LogP) is 8.95. The third-order valence-corrected chi connectivity index (χ3v) is 12.2. The zero-order valence-electron chi connectivity index (χ0n) is 32.5. The summed E-state index contributed by atoms with van der Waals surface area (Å²) in [7, 11) is 3.21. The molecule has 1 unspecified atom stereocenters. The van der Waals surface area contributed by atoms with E-state index in [4.69, 9.17) is 53.8 Å². The van der Waals surface area contributed by atoms with Crippen LogP contribution in [-0.4, -0.2) is 83.2 Å². The van der Waals surface area contributed by atoms with Crippen LogP contribution in [0, 0.1) is 20.8 Å². The molecule has 3 aromatic rings. The van der Waals surface area contributed by atoms with Gasteiger partial charge in [0.05, 0.1) is 32.9 Å². The molecule has 0 radical (unpaired) electrons. The average molecular weight is 836 g/mol. The van der Waals surface area contributed by atoms with Crippen LogP contribution >= 0.6 is 47.2 Å². The van der Waals surface area contributed by atoms with E-state index in [1.165, 1.54) is 5.56 Å². The summed E-state index contributed by atoms with van der Waals surface area (Å²) in [5, 5.41) is 3.46. The minimum absolute atomic E-state index is 0. The van der Waals surface area contributed by atoms with Gasteiger partial charge in [0.1, 0.15) is 17.2 Å². The second kappa shape index (κ2) is 17.4. The van der Waals surface area contributed by atoms with Crippen LogP contribution in [0.1, 0.15) is 66.5 Å². The highest BCUT2D eigenvalue weighted by Gasteiger charge is 2.50. The highest BCUT2D eigenvalue weighted by molar-refractivity contribution is 6.68. The van der Waals surface area contributed by atoms with Crippen LogP contribution in [0.5, 0.6) is 17.2 Å². The molecule has 298 valence electrons. The highest BCUT2D eigenvalue weighted by Crippen LogP contribution is 2.44. The molecule has 2 fully saturated rings. The second-order valence-corrected chi connectivity index (χ2v) is 17.3. The SMILES string of the molecule is COc1cc(CN(C(=O)C2=C(c3ccc(CCOc4c(C)ccc(C)c4C)cc3)CC3CNC[C@H]2N3C(=O)OC(C)(C)C(Cl)(Cl)Cl)C2CC2)cc(OC)c1.Cl. The fraction of sp³-hybridized carbons (Fsp3) is 0.476. The monoisotopic (exact) mass is 833 g/mol. The minimum atomic E-state index is -1.86. The second-order valence-electron chi connectivity index (χ2n) is 15.0. The van der Waals surface area contributed by atoms with Crippen LogP contribution in [0.15, 0.2) is 60.2 Å². The number of nitrogens with zero attached hydrogens (tertiary/aromatic N) is 2. The minimum Gasteiger partial charge on any atom is -0.497 e. The van der Waals surface area contributed by atoms with Crippen LogP contribution in [0.3, 0.4) is 0 Å². The average Bonchev–Trinajstić information content (AvgIpc) is 3.98. The van der Waals surface area contributed by atoms with Gasteiger partial charge in [-0.05, 0) is 105 Å². The fourth-order valence-corrected chi connectivity index (χ4v) is 7.42. The summed E-state index contributed by atoms with van der Waals surface area (Å²) >= 11 is 18.7. The molecule has 3 aromatic carbocycles. The lowest BCUT2D eigenvalue weighted by Crippen LogP contribution is -2.64. The van der Waals surface area contributed by atoms with Gasteiger partial charge in [-0.25, -0.2) is 4.79 Å². The summed E-state index contributed by atoms with van der Waals surface area (Å²) in [6, 6.07) is 17.4. The van der Waals surface area contributed by atoms with Crippen molar-refractivity contribution in [2.75, 3.05) is 33.9 Å². The molecular weight excluding hydrogens is 784 g/mol. The van der Waals surface area contributed by atoms with Crippen LogP contribution in [0.4, 0.5) is 4.79 Å². The van der Waals surface area contributed by atoms with E-state index in [2.05, 4.69) is 62.5 Å². The number of carbonyl (C=O) groups is 2. The number of benzene rings is 3. The highest BCUT2D eigenvalue weighted by atomic mass is 35.6. The number of piperazine rings is 1. The number of hydrogen-bond acceptors (Lipinski definition) is 7. The Hall–Kier alpha value is -3.34. The molecule has 2 atom stereocenters. The molecule has 1 saturated heterocycles. The number of alkyl halides is 3. The molecule has 0 spiro atoms. The van der Waals surface area contributed by atoms with Crippen molar-refractivity contribution in [1.82, 2.24) is 15.1 Å². The van der Waals surface area contributed by atoms with Gasteiger partial charge in [-0.15, -0.1) is 12.4 Å². The number of carbonyl (C=O) groups excluding carboxylic acids is 2. The smallest absolute Gasteiger partial charge is 0.411 e. The number of rotatable bonds is 12. The number of hydrogen-bond donors (Lipinski definition) is 1. The Labute approximate surface area is 346 Å². The van der Waals surface area contributed by atoms with E-state index in [9.17, 15) is 4.79 Å². The van der Waals surface area contributed by atoms with Gasteiger partial charge in [-0.3, -0.25) is 9.69 Å². The summed E-state index contributed by atoms with van der Waals surface area (Å²) in [6.45, 7) is 11.2. The third-order valence-electron chi connectivity index (χ3n) is 10.8. The summed E-state index contributed by atoms with van der Waals surface area (Å²) in [5.41, 5.74) is 6.49. The molecule has 1 N–H and O–H groups in total. The van der Waals surface area contributed by atoms with Gasteiger partial charge in [-0.2, -0.15) is 0 Å². The molecule has 1 saturated carbocycles.